The van der Waals surface area contributed by atoms with Gasteiger partial charge in [0, 0.05) is 5.56 Å². The molecule has 0 aliphatic rings. The van der Waals surface area contributed by atoms with E-state index in [4.69, 9.17) is 15.2 Å². The van der Waals surface area contributed by atoms with E-state index in [-0.39, 0.29) is 12.2 Å². The first-order valence-corrected chi connectivity index (χ1v) is 6.75. The molecule has 0 aromatic heterocycles. The Hall–Kier alpha value is -1.06. The molecule has 0 fully saturated rings. The highest BCUT2D eigenvalue weighted by Crippen LogP contribution is 2.26. The van der Waals surface area contributed by atoms with Gasteiger partial charge in [-0.25, -0.2) is 0 Å². The van der Waals surface area contributed by atoms with Crippen LogP contribution >= 0.6 is 0 Å². The van der Waals surface area contributed by atoms with Crippen LogP contribution in [0.3, 0.4) is 0 Å². The lowest BCUT2D eigenvalue weighted by molar-refractivity contribution is -0.00339. The Morgan fingerprint density at radius 2 is 1.67 bits per heavy atom. The first-order chi connectivity index (χ1) is 8.58. The summed E-state index contributed by atoms with van der Waals surface area (Å²) < 4.78 is 11.6. The molecule has 3 atom stereocenters. The molecule has 2 N–H and O–H groups in total. The molecular weight excluding hydrogens is 226 g/mol. The van der Waals surface area contributed by atoms with Crippen molar-refractivity contribution in [2.75, 3.05) is 0 Å². The van der Waals surface area contributed by atoms with E-state index < -0.39 is 6.23 Å². The van der Waals surface area contributed by atoms with Crippen molar-refractivity contribution in [1.82, 2.24) is 0 Å². The number of rotatable bonds is 7. The third-order valence-electron chi connectivity index (χ3n) is 3.08. The molecule has 1 aromatic carbocycles. The zero-order chi connectivity index (χ0) is 13.5. The average Bonchev–Trinajstić information content (AvgIpc) is 2.38. The van der Waals surface area contributed by atoms with Crippen LogP contribution in [0.1, 0.15) is 52.3 Å². The van der Waals surface area contributed by atoms with Gasteiger partial charge in [0.15, 0.2) is 0 Å². The average molecular weight is 251 g/mol. The van der Waals surface area contributed by atoms with Gasteiger partial charge >= 0.3 is 0 Å². The van der Waals surface area contributed by atoms with Crippen LogP contribution in [-0.2, 0) is 4.74 Å². The summed E-state index contributed by atoms with van der Waals surface area (Å²) in [4.78, 5) is 0. The summed E-state index contributed by atoms with van der Waals surface area (Å²) in [6.45, 7) is 8.26. The maximum absolute atomic E-state index is 6.09. The maximum atomic E-state index is 6.09. The standard InChI is InChI=1S/C15H25NO2/c1-5-11(3)17-14-10-8-7-9-13(14)15(16)18-12(4)6-2/h7-12,15H,5-6,16H2,1-4H3. The Bertz CT molecular complexity index is 354. The lowest BCUT2D eigenvalue weighted by Gasteiger charge is -2.22. The number of benzene rings is 1. The predicted molar refractivity (Wildman–Crippen MR) is 74.6 cm³/mol. The molecule has 0 bridgehead atoms. The van der Waals surface area contributed by atoms with Crippen LogP contribution in [0.15, 0.2) is 24.3 Å². The molecule has 0 saturated carbocycles. The van der Waals surface area contributed by atoms with Gasteiger partial charge in [0.25, 0.3) is 0 Å². The summed E-state index contributed by atoms with van der Waals surface area (Å²) in [6, 6.07) is 7.82. The van der Waals surface area contributed by atoms with Gasteiger partial charge in [-0.1, -0.05) is 32.0 Å². The number of nitrogens with two attached hydrogens (primary N) is 1. The van der Waals surface area contributed by atoms with Crippen LogP contribution in [0.4, 0.5) is 0 Å². The second kappa shape index (κ2) is 7.39. The van der Waals surface area contributed by atoms with Gasteiger partial charge in [-0.3, -0.25) is 0 Å². The molecule has 0 aliphatic carbocycles. The topological polar surface area (TPSA) is 44.5 Å². The molecule has 0 saturated heterocycles. The van der Waals surface area contributed by atoms with Crippen molar-refractivity contribution in [3.05, 3.63) is 29.8 Å². The van der Waals surface area contributed by atoms with Gasteiger partial charge in [0.1, 0.15) is 12.0 Å². The largest absolute Gasteiger partial charge is 0.490 e. The molecule has 18 heavy (non-hydrogen) atoms. The van der Waals surface area contributed by atoms with E-state index in [2.05, 4.69) is 20.8 Å². The fraction of sp³-hybridized carbons (Fsp3) is 0.600. The Balaban J connectivity index is 2.80. The Labute approximate surface area is 110 Å². The Kier molecular flexibility index (Phi) is 6.16. The fourth-order valence-corrected chi connectivity index (χ4v) is 1.54. The summed E-state index contributed by atoms with van der Waals surface area (Å²) >= 11 is 0. The van der Waals surface area contributed by atoms with Crippen LogP contribution < -0.4 is 10.5 Å². The normalized spacial score (nSPS) is 16.1. The molecule has 1 aromatic rings. The third kappa shape index (κ3) is 4.31. The molecule has 3 unspecified atom stereocenters. The first kappa shape index (κ1) is 15.0. The summed E-state index contributed by atoms with van der Waals surface area (Å²) in [6.07, 6.45) is 1.82. The molecule has 0 amide bonds. The van der Waals surface area contributed by atoms with Crippen molar-refractivity contribution in [2.45, 2.75) is 59.0 Å². The minimum Gasteiger partial charge on any atom is -0.490 e. The lowest BCUT2D eigenvalue weighted by atomic mass is 10.1. The molecular formula is C15H25NO2. The van der Waals surface area contributed by atoms with Crippen LogP contribution in [0.5, 0.6) is 5.75 Å². The van der Waals surface area contributed by atoms with Gasteiger partial charge in [-0.05, 0) is 32.8 Å². The van der Waals surface area contributed by atoms with Crippen molar-refractivity contribution in [3.8, 4) is 5.75 Å². The number of hydrogen-bond acceptors (Lipinski definition) is 3. The van der Waals surface area contributed by atoms with Crippen LogP contribution in [0.25, 0.3) is 0 Å². The van der Waals surface area contributed by atoms with Crippen molar-refractivity contribution in [3.63, 3.8) is 0 Å². The minimum atomic E-state index is -0.430. The molecule has 0 aliphatic heterocycles. The first-order valence-electron chi connectivity index (χ1n) is 6.75. The quantitative estimate of drug-likeness (QED) is 0.752. The van der Waals surface area contributed by atoms with E-state index in [0.717, 1.165) is 24.2 Å². The Morgan fingerprint density at radius 3 is 2.28 bits per heavy atom. The smallest absolute Gasteiger partial charge is 0.135 e. The zero-order valence-electron chi connectivity index (χ0n) is 11.8. The van der Waals surface area contributed by atoms with Crippen molar-refractivity contribution < 1.29 is 9.47 Å². The maximum Gasteiger partial charge on any atom is 0.135 e. The summed E-state index contributed by atoms with van der Waals surface area (Å²) in [5.74, 6) is 0.822. The van der Waals surface area contributed by atoms with E-state index in [1.54, 1.807) is 0 Å². The molecule has 1 rings (SSSR count). The minimum absolute atomic E-state index is 0.150. The SMILES string of the molecule is CCC(C)Oc1ccccc1C(N)OC(C)CC. The number of para-hydroxylation sites is 1. The van der Waals surface area contributed by atoms with E-state index >= 15 is 0 Å². The van der Waals surface area contributed by atoms with Gasteiger partial charge in [-0.15, -0.1) is 0 Å². The highest BCUT2D eigenvalue weighted by Gasteiger charge is 2.15. The van der Waals surface area contributed by atoms with Crippen LogP contribution in [0, 0.1) is 0 Å². The van der Waals surface area contributed by atoms with E-state index in [9.17, 15) is 0 Å². The third-order valence-corrected chi connectivity index (χ3v) is 3.08. The summed E-state index contributed by atoms with van der Waals surface area (Å²) in [5, 5.41) is 0. The molecule has 3 nitrogen and oxygen atoms in total. The van der Waals surface area contributed by atoms with Gasteiger partial charge in [-0.2, -0.15) is 0 Å². The number of ether oxygens (including phenoxy) is 2. The van der Waals surface area contributed by atoms with E-state index in [1.807, 2.05) is 31.2 Å². The molecule has 3 heteroatoms. The van der Waals surface area contributed by atoms with Crippen molar-refractivity contribution in [2.24, 2.45) is 5.73 Å². The van der Waals surface area contributed by atoms with Crippen molar-refractivity contribution >= 4 is 0 Å². The highest BCUT2D eigenvalue weighted by molar-refractivity contribution is 5.34. The molecule has 0 heterocycles. The number of hydrogen-bond donors (Lipinski definition) is 1. The molecule has 0 spiro atoms. The van der Waals surface area contributed by atoms with Gasteiger partial charge in [0.2, 0.25) is 0 Å². The molecule has 0 radical (unpaired) electrons. The monoisotopic (exact) mass is 251 g/mol. The van der Waals surface area contributed by atoms with E-state index in [0.29, 0.717) is 0 Å². The van der Waals surface area contributed by atoms with Crippen LogP contribution in [0.2, 0.25) is 0 Å². The Morgan fingerprint density at radius 1 is 1.06 bits per heavy atom. The summed E-state index contributed by atoms with van der Waals surface area (Å²) in [7, 11) is 0. The second-order valence-electron chi connectivity index (χ2n) is 4.65. The van der Waals surface area contributed by atoms with Gasteiger partial charge < -0.3 is 15.2 Å². The van der Waals surface area contributed by atoms with Crippen molar-refractivity contribution in [1.29, 1.82) is 0 Å². The lowest BCUT2D eigenvalue weighted by Crippen LogP contribution is -2.21. The highest BCUT2D eigenvalue weighted by atomic mass is 16.5. The predicted octanol–water partition coefficient (Wildman–Crippen LogP) is 3.64. The van der Waals surface area contributed by atoms with Gasteiger partial charge in [0.05, 0.1) is 12.2 Å². The molecule has 102 valence electrons. The fourth-order valence-electron chi connectivity index (χ4n) is 1.54. The second-order valence-corrected chi connectivity index (χ2v) is 4.65. The van der Waals surface area contributed by atoms with Crippen LogP contribution in [-0.4, -0.2) is 12.2 Å². The zero-order valence-corrected chi connectivity index (χ0v) is 11.8. The van der Waals surface area contributed by atoms with E-state index in [1.165, 1.54) is 0 Å². The summed E-state index contributed by atoms with van der Waals surface area (Å²) in [5.41, 5.74) is 7.00.